The Kier molecular flexibility index (Phi) is 5.67. The van der Waals surface area contributed by atoms with E-state index in [2.05, 4.69) is 29.6 Å². The van der Waals surface area contributed by atoms with Gasteiger partial charge in [-0.05, 0) is 57.4 Å². The Morgan fingerprint density at radius 1 is 1.37 bits per heavy atom. The summed E-state index contributed by atoms with van der Waals surface area (Å²) in [5.74, 6) is 1.00. The molecule has 1 saturated carbocycles. The molecule has 1 aliphatic rings. The van der Waals surface area contributed by atoms with Crippen LogP contribution in [0.3, 0.4) is 0 Å². The highest BCUT2D eigenvalue weighted by Gasteiger charge is 2.23. The van der Waals surface area contributed by atoms with Gasteiger partial charge in [-0.2, -0.15) is 0 Å². The van der Waals surface area contributed by atoms with E-state index in [9.17, 15) is 0 Å². The van der Waals surface area contributed by atoms with Crippen LogP contribution in [-0.4, -0.2) is 26.4 Å². The fourth-order valence-electron chi connectivity index (χ4n) is 2.19. The first-order chi connectivity index (χ1) is 9.33. The van der Waals surface area contributed by atoms with Crippen molar-refractivity contribution in [3.63, 3.8) is 0 Å². The summed E-state index contributed by atoms with van der Waals surface area (Å²) in [7, 11) is 2.01. The molecule has 2 rings (SSSR count). The molecule has 1 N–H and O–H groups in total. The number of hydrogen-bond donors (Lipinski definition) is 1. The number of nitrogens with one attached hydrogen (secondary N) is 1. The minimum Gasteiger partial charge on any atom is -0.490 e. The van der Waals surface area contributed by atoms with Crippen LogP contribution in [0.4, 0.5) is 0 Å². The van der Waals surface area contributed by atoms with E-state index in [1.54, 1.807) is 0 Å². The van der Waals surface area contributed by atoms with Gasteiger partial charge in [-0.25, -0.2) is 0 Å². The minimum atomic E-state index is 0.378. The van der Waals surface area contributed by atoms with E-state index in [1.165, 1.54) is 18.4 Å². The maximum absolute atomic E-state index is 5.85. The molecule has 0 amide bonds. The minimum absolute atomic E-state index is 0.378. The lowest BCUT2D eigenvalue weighted by atomic mass is 10.0. The van der Waals surface area contributed by atoms with Gasteiger partial charge in [0.15, 0.2) is 0 Å². The molecule has 0 spiro atoms. The fraction of sp³-hybridized carbons (Fsp3) is 0.625. The molecule has 3 heteroatoms. The second-order valence-corrected chi connectivity index (χ2v) is 5.07. The average Bonchev–Trinajstić information content (AvgIpc) is 3.23. The zero-order chi connectivity index (χ0) is 13.5. The van der Waals surface area contributed by atoms with Crippen molar-refractivity contribution in [3.8, 4) is 5.75 Å². The van der Waals surface area contributed by atoms with E-state index in [0.29, 0.717) is 12.1 Å². The van der Waals surface area contributed by atoms with Crippen LogP contribution >= 0.6 is 0 Å². The van der Waals surface area contributed by atoms with Crippen LogP contribution in [0.5, 0.6) is 5.75 Å². The summed E-state index contributed by atoms with van der Waals surface area (Å²) in [6.07, 6.45) is 5.03. The summed E-state index contributed by atoms with van der Waals surface area (Å²) in [5.41, 5.74) is 1.30. The van der Waals surface area contributed by atoms with Crippen molar-refractivity contribution in [1.82, 2.24) is 5.32 Å². The molecule has 0 bridgehead atoms. The summed E-state index contributed by atoms with van der Waals surface area (Å²) < 4.78 is 11.2. The Morgan fingerprint density at radius 2 is 2.21 bits per heavy atom. The number of ether oxygens (including phenoxy) is 2. The summed E-state index contributed by atoms with van der Waals surface area (Å²) in [6.45, 7) is 3.68. The monoisotopic (exact) mass is 263 g/mol. The van der Waals surface area contributed by atoms with Crippen molar-refractivity contribution in [2.24, 2.45) is 0 Å². The van der Waals surface area contributed by atoms with Crippen molar-refractivity contribution in [1.29, 1.82) is 0 Å². The van der Waals surface area contributed by atoms with E-state index < -0.39 is 0 Å². The fourth-order valence-corrected chi connectivity index (χ4v) is 2.19. The molecular weight excluding hydrogens is 238 g/mol. The van der Waals surface area contributed by atoms with Gasteiger partial charge in [0.05, 0.1) is 6.10 Å². The summed E-state index contributed by atoms with van der Waals surface area (Å²) >= 11 is 0. The largest absolute Gasteiger partial charge is 0.490 e. The molecule has 0 aliphatic heterocycles. The van der Waals surface area contributed by atoms with Gasteiger partial charge in [0.2, 0.25) is 0 Å². The first-order valence-corrected chi connectivity index (χ1v) is 7.35. The molecule has 3 nitrogen and oxygen atoms in total. The van der Waals surface area contributed by atoms with Crippen molar-refractivity contribution in [2.45, 2.75) is 44.8 Å². The van der Waals surface area contributed by atoms with Crippen molar-refractivity contribution >= 4 is 0 Å². The van der Waals surface area contributed by atoms with E-state index in [0.717, 1.165) is 31.8 Å². The zero-order valence-electron chi connectivity index (χ0n) is 12.0. The maximum atomic E-state index is 5.85. The molecular formula is C16H25NO2. The quantitative estimate of drug-likeness (QED) is 0.693. The molecule has 1 atom stereocenters. The predicted octanol–water partition coefficient (Wildman–Crippen LogP) is 3.31. The van der Waals surface area contributed by atoms with Gasteiger partial charge in [-0.3, -0.25) is 0 Å². The summed E-state index contributed by atoms with van der Waals surface area (Å²) in [5, 5.41) is 3.38. The van der Waals surface area contributed by atoms with Crippen molar-refractivity contribution in [3.05, 3.63) is 29.8 Å². The molecule has 106 valence electrons. The third-order valence-corrected chi connectivity index (χ3v) is 3.42. The van der Waals surface area contributed by atoms with Gasteiger partial charge in [-0.15, -0.1) is 0 Å². The predicted molar refractivity (Wildman–Crippen MR) is 77.6 cm³/mol. The van der Waals surface area contributed by atoms with Gasteiger partial charge >= 0.3 is 0 Å². The molecule has 0 aromatic heterocycles. The van der Waals surface area contributed by atoms with Crippen LogP contribution in [0.2, 0.25) is 0 Å². The molecule has 1 fully saturated rings. The molecule has 0 radical (unpaired) electrons. The Balaban J connectivity index is 1.88. The number of hydrogen-bond acceptors (Lipinski definition) is 3. The van der Waals surface area contributed by atoms with Gasteiger partial charge in [0.25, 0.3) is 0 Å². The van der Waals surface area contributed by atoms with Crippen LogP contribution in [0.1, 0.15) is 44.2 Å². The highest BCUT2D eigenvalue weighted by molar-refractivity contribution is 5.31. The van der Waals surface area contributed by atoms with E-state index in [-0.39, 0.29) is 0 Å². The second-order valence-electron chi connectivity index (χ2n) is 5.07. The maximum Gasteiger partial charge on any atom is 0.120 e. The van der Waals surface area contributed by atoms with Crippen molar-refractivity contribution in [2.75, 3.05) is 20.3 Å². The van der Waals surface area contributed by atoms with Crippen molar-refractivity contribution < 1.29 is 9.47 Å². The van der Waals surface area contributed by atoms with Crippen LogP contribution in [0, 0.1) is 0 Å². The van der Waals surface area contributed by atoms with Gasteiger partial charge in [0, 0.05) is 19.3 Å². The lowest BCUT2D eigenvalue weighted by molar-refractivity contribution is 0.141. The van der Waals surface area contributed by atoms with E-state index >= 15 is 0 Å². The van der Waals surface area contributed by atoms with Crippen LogP contribution in [0.25, 0.3) is 0 Å². The average molecular weight is 263 g/mol. The van der Waals surface area contributed by atoms with E-state index in [1.807, 2.05) is 14.0 Å². The lowest BCUT2D eigenvalue weighted by Gasteiger charge is -2.17. The normalized spacial score (nSPS) is 16.3. The highest BCUT2D eigenvalue weighted by atomic mass is 16.5. The standard InChI is InChI=1S/C16H25NO2/c1-3-18-11-5-8-16(17-2)13-6-4-7-15(12-13)19-14-9-10-14/h4,6-7,12,14,16-17H,3,5,8-11H2,1-2H3. The smallest absolute Gasteiger partial charge is 0.120 e. The molecule has 0 heterocycles. The Bertz CT molecular complexity index is 377. The summed E-state index contributed by atoms with van der Waals surface area (Å²) in [4.78, 5) is 0. The van der Waals surface area contributed by atoms with Gasteiger partial charge in [0.1, 0.15) is 5.75 Å². The van der Waals surface area contributed by atoms with Gasteiger partial charge in [-0.1, -0.05) is 12.1 Å². The Hall–Kier alpha value is -1.06. The SMILES string of the molecule is CCOCCCC(NC)c1cccc(OC2CC2)c1. The molecule has 1 aromatic carbocycles. The van der Waals surface area contributed by atoms with Gasteiger partial charge < -0.3 is 14.8 Å². The first kappa shape index (κ1) is 14.4. The summed E-state index contributed by atoms with van der Waals surface area (Å²) in [6, 6.07) is 8.85. The van der Waals surface area contributed by atoms with Crippen LogP contribution < -0.4 is 10.1 Å². The number of benzene rings is 1. The Morgan fingerprint density at radius 3 is 2.89 bits per heavy atom. The third kappa shape index (κ3) is 4.84. The second kappa shape index (κ2) is 7.51. The van der Waals surface area contributed by atoms with E-state index in [4.69, 9.17) is 9.47 Å². The lowest BCUT2D eigenvalue weighted by Crippen LogP contribution is -2.17. The molecule has 0 saturated heterocycles. The van der Waals surface area contributed by atoms with Crippen LogP contribution in [-0.2, 0) is 4.74 Å². The Labute approximate surface area is 116 Å². The molecule has 1 aromatic rings. The zero-order valence-corrected chi connectivity index (χ0v) is 12.0. The highest BCUT2D eigenvalue weighted by Crippen LogP contribution is 2.29. The van der Waals surface area contributed by atoms with Crippen LogP contribution in [0.15, 0.2) is 24.3 Å². The number of rotatable bonds is 9. The molecule has 1 aliphatic carbocycles. The third-order valence-electron chi connectivity index (χ3n) is 3.42. The topological polar surface area (TPSA) is 30.5 Å². The first-order valence-electron chi connectivity index (χ1n) is 7.35. The molecule has 1 unspecified atom stereocenters. The molecule has 19 heavy (non-hydrogen) atoms.